The summed E-state index contributed by atoms with van der Waals surface area (Å²) in [4.78, 5) is 17.8. The molecule has 0 saturated carbocycles. The molecule has 0 radical (unpaired) electrons. The van der Waals surface area contributed by atoms with Gasteiger partial charge in [0, 0.05) is 0 Å². The van der Waals surface area contributed by atoms with Gasteiger partial charge in [0.25, 0.3) is 5.91 Å². The lowest BCUT2D eigenvalue weighted by molar-refractivity contribution is 0.0688. The Morgan fingerprint density at radius 1 is 0.846 bits per heavy atom. The average molecular weight is 347 g/mol. The molecule has 0 saturated heterocycles. The fraction of sp³-hybridized carbons (Fsp3) is 0.318. The second-order valence-corrected chi connectivity index (χ2v) is 7.88. The molecule has 0 spiro atoms. The summed E-state index contributed by atoms with van der Waals surface area (Å²) >= 11 is 0. The van der Waals surface area contributed by atoms with Crippen LogP contribution in [-0.4, -0.2) is 20.7 Å². The van der Waals surface area contributed by atoms with E-state index in [0.717, 1.165) is 22.3 Å². The Labute approximate surface area is 154 Å². The van der Waals surface area contributed by atoms with Gasteiger partial charge in [0.2, 0.25) is 0 Å². The molecule has 0 bridgehead atoms. The summed E-state index contributed by atoms with van der Waals surface area (Å²) in [5.41, 5.74) is 2.96. The summed E-state index contributed by atoms with van der Waals surface area (Å²) < 4.78 is 1.35. The highest BCUT2D eigenvalue weighted by molar-refractivity contribution is 5.94. The van der Waals surface area contributed by atoms with Crippen molar-refractivity contribution in [1.82, 2.24) is 14.8 Å². The zero-order valence-electron chi connectivity index (χ0n) is 16.0. The maximum Gasteiger partial charge on any atom is 0.263 e. The number of carbonyl (C=O) groups is 1. The molecule has 4 heteroatoms. The molecule has 26 heavy (non-hydrogen) atoms. The largest absolute Gasteiger partial charge is 0.271 e. The van der Waals surface area contributed by atoms with Crippen LogP contribution in [0, 0.1) is 19.3 Å². The molecule has 4 nitrogen and oxygen atoms in total. The van der Waals surface area contributed by atoms with E-state index in [-0.39, 0.29) is 11.3 Å². The number of hydrogen-bond donors (Lipinski definition) is 0. The van der Waals surface area contributed by atoms with Gasteiger partial charge in [-0.2, -0.15) is 9.78 Å². The molecule has 0 unspecified atom stereocenters. The van der Waals surface area contributed by atoms with E-state index < -0.39 is 5.41 Å². The van der Waals surface area contributed by atoms with Crippen molar-refractivity contribution in [3.8, 4) is 0 Å². The maximum atomic E-state index is 13.8. The van der Waals surface area contributed by atoms with Crippen molar-refractivity contribution in [2.45, 2.75) is 40.0 Å². The minimum Gasteiger partial charge on any atom is -0.271 e. The molecule has 134 valence electrons. The first-order valence-electron chi connectivity index (χ1n) is 8.80. The summed E-state index contributed by atoms with van der Waals surface area (Å²) in [6, 6.07) is 16.4. The Kier molecular flexibility index (Phi) is 4.53. The molecular formula is C22H25N3O. The van der Waals surface area contributed by atoms with Crippen molar-refractivity contribution in [3.63, 3.8) is 0 Å². The van der Waals surface area contributed by atoms with Gasteiger partial charge in [-0.25, -0.2) is 4.98 Å². The van der Waals surface area contributed by atoms with Crippen molar-refractivity contribution < 1.29 is 4.79 Å². The van der Waals surface area contributed by atoms with Crippen LogP contribution in [0.3, 0.4) is 0 Å². The lowest BCUT2D eigenvalue weighted by Crippen LogP contribution is -2.50. The predicted molar refractivity (Wildman–Crippen MR) is 103 cm³/mol. The highest BCUT2D eigenvalue weighted by atomic mass is 16.2. The molecule has 1 heterocycles. The molecular weight excluding hydrogens is 322 g/mol. The number of nitrogens with zero attached hydrogens (tertiary/aromatic N) is 3. The number of hydrogen-bond acceptors (Lipinski definition) is 3. The SMILES string of the molecule is Cc1ccc(C(C(=O)n2cncn2)(c2ccc(C)cc2)C(C)(C)C)cc1. The Balaban J connectivity index is 2.36. The van der Waals surface area contributed by atoms with Gasteiger partial charge in [0.1, 0.15) is 18.1 Å². The Morgan fingerprint density at radius 2 is 1.31 bits per heavy atom. The van der Waals surface area contributed by atoms with Crippen LogP contribution in [0.2, 0.25) is 0 Å². The van der Waals surface area contributed by atoms with Crippen molar-refractivity contribution in [1.29, 1.82) is 0 Å². The van der Waals surface area contributed by atoms with Crippen LogP contribution < -0.4 is 0 Å². The van der Waals surface area contributed by atoms with E-state index in [2.05, 4.69) is 79.4 Å². The first-order valence-corrected chi connectivity index (χ1v) is 8.80. The second-order valence-electron chi connectivity index (χ2n) is 7.88. The summed E-state index contributed by atoms with van der Waals surface area (Å²) in [6.45, 7) is 10.4. The molecule has 0 aliphatic heterocycles. The average Bonchev–Trinajstić information content (AvgIpc) is 3.12. The molecule has 0 N–H and O–H groups in total. The third kappa shape index (κ3) is 2.85. The van der Waals surface area contributed by atoms with Crippen LogP contribution in [0.4, 0.5) is 0 Å². The van der Waals surface area contributed by atoms with Crippen molar-refractivity contribution in [2.24, 2.45) is 5.41 Å². The first-order chi connectivity index (χ1) is 12.3. The molecule has 1 aromatic heterocycles. The third-order valence-corrected chi connectivity index (χ3v) is 5.04. The number of rotatable bonds is 3. The van der Waals surface area contributed by atoms with Crippen LogP contribution in [0.25, 0.3) is 0 Å². The van der Waals surface area contributed by atoms with Gasteiger partial charge in [-0.1, -0.05) is 80.4 Å². The van der Waals surface area contributed by atoms with Gasteiger partial charge in [-0.15, -0.1) is 0 Å². The molecule has 0 atom stereocenters. The molecule has 3 rings (SSSR count). The fourth-order valence-electron chi connectivity index (χ4n) is 3.69. The van der Waals surface area contributed by atoms with Gasteiger partial charge >= 0.3 is 0 Å². The van der Waals surface area contributed by atoms with Crippen molar-refractivity contribution >= 4 is 5.91 Å². The number of carbonyl (C=O) groups excluding carboxylic acids is 1. The Morgan fingerprint density at radius 3 is 1.65 bits per heavy atom. The maximum absolute atomic E-state index is 13.8. The summed E-state index contributed by atoms with van der Waals surface area (Å²) in [7, 11) is 0. The Bertz CT molecular complexity index is 841. The standard InChI is InChI=1S/C22H25N3O/c1-16-6-10-18(11-7-16)22(21(3,4)5,19-12-8-17(2)9-13-19)20(26)25-15-23-14-24-25/h6-15H,1-5H3. The topological polar surface area (TPSA) is 47.8 Å². The first kappa shape index (κ1) is 18.1. The molecule has 0 fully saturated rings. The second kappa shape index (κ2) is 6.52. The van der Waals surface area contributed by atoms with E-state index in [0.29, 0.717) is 0 Å². The predicted octanol–water partition coefficient (Wildman–Crippen LogP) is 4.57. The van der Waals surface area contributed by atoms with Crippen LogP contribution in [0.5, 0.6) is 0 Å². The van der Waals surface area contributed by atoms with E-state index in [1.807, 2.05) is 13.8 Å². The quantitative estimate of drug-likeness (QED) is 0.697. The van der Waals surface area contributed by atoms with Gasteiger partial charge < -0.3 is 0 Å². The van der Waals surface area contributed by atoms with E-state index in [4.69, 9.17) is 0 Å². The van der Waals surface area contributed by atoms with Crippen molar-refractivity contribution in [3.05, 3.63) is 83.4 Å². The smallest absolute Gasteiger partial charge is 0.263 e. The molecule has 3 aromatic rings. The van der Waals surface area contributed by atoms with Crippen LogP contribution >= 0.6 is 0 Å². The third-order valence-electron chi connectivity index (χ3n) is 5.04. The fourth-order valence-corrected chi connectivity index (χ4v) is 3.69. The number of aryl methyl sites for hydroxylation is 2. The van der Waals surface area contributed by atoms with Crippen molar-refractivity contribution in [2.75, 3.05) is 0 Å². The van der Waals surface area contributed by atoms with E-state index >= 15 is 0 Å². The minimum atomic E-state index is -0.887. The molecule has 0 aliphatic rings. The van der Waals surface area contributed by atoms with Gasteiger partial charge in [-0.05, 0) is 30.4 Å². The van der Waals surface area contributed by atoms with Crippen LogP contribution in [0.15, 0.2) is 61.2 Å². The number of aromatic nitrogens is 3. The van der Waals surface area contributed by atoms with E-state index in [9.17, 15) is 4.79 Å². The highest BCUT2D eigenvalue weighted by Crippen LogP contribution is 2.48. The molecule has 2 aromatic carbocycles. The summed E-state index contributed by atoms with van der Waals surface area (Å²) in [6.07, 6.45) is 2.88. The van der Waals surface area contributed by atoms with Gasteiger partial charge in [0.15, 0.2) is 0 Å². The van der Waals surface area contributed by atoms with Crippen LogP contribution in [-0.2, 0) is 5.41 Å². The molecule has 0 amide bonds. The Hall–Kier alpha value is -2.75. The zero-order chi connectivity index (χ0) is 18.9. The molecule has 0 aliphatic carbocycles. The van der Waals surface area contributed by atoms with Gasteiger partial charge in [0.05, 0.1) is 0 Å². The van der Waals surface area contributed by atoms with E-state index in [1.165, 1.54) is 17.3 Å². The normalized spacial score (nSPS) is 12.2. The lowest BCUT2D eigenvalue weighted by Gasteiger charge is -2.44. The minimum absolute atomic E-state index is 0.102. The highest BCUT2D eigenvalue weighted by Gasteiger charge is 2.52. The van der Waals surface area contributed by atoms with Crippen LogP contribution in [0.1, 0.15) is 47.8 Å². The lowest BCUT2D eigenvalue weighted by atomic mass is 9.58. The number of benzene rings is 2. The summed E-state index contributed by atoms with van der Waals surface area (Å²) in [5, 5.41) is 4.14. The van der Waals surface area contributed by atoms with E-state index in [1.54, 1.807) is 0 Å². The zero-order valence-corrected chi connectivity index (χ0v) is 16.0. The van der Waals surface area contributed by atoms with Gasteiger partial charge in [-0.3, -0.25) is 4.79 Å². The monoisotopic (exact) mass is 347 g/mol. The summed E-state index contributed by atoms with van der Waals surface area (Å²) in [5.74, 6) is -0.102.